The second-order valence-electron chi connectivity index (χ2n) is 8.46. The molecule has 0 radical (unpaired) electrons. The minimum absolute atomic E-state index is 0.00330. The fourth-order valence-corrected chi connectivity index (χ4v) is 5.45. The summed E-state index contributed by atoms with van der Waals surface area (Å²) < 4.78 is 27.2. The van der Waals surface area contributed by atoms with Crippen molar-refractivity contribution in [2.75, 3.05) is 26.2 Å². The summed E-state index contributed by atoms with van der Waals surface area (Å²) in [6.07, 6.45) is 0. The highest BCUT2D eigenvalue weighted by molar-refractivity contribution is 7.89. The number of rotatable bonds is 7. The van der Waals surface area contributed by atoms with Gasteiger partial charge in [0.25, 0.3) is 11.6 Å². The highest BCUT2D eigenvalue weighted by atomic mass is 32.2. The Morgan fingerprint density at radius 2 is 1.59 bits per heavy atom. The average molecular weight is 489 g/mol. The first-order valence-corrected chi connectivity index (χ1v) is 12.4. The Morgan fingerprint density at radius 1 is 1.00 bits per heavy atom. The van der Waals surface area contributed by atoms with E-state index in [4.69, 9.17) is 0 Å². The molecule has 1 N–H and O–H groups in total. The maximum Gasteiger partial charge on any atom is 0.289 e. The number of nitrogens with zero attached hydrogens (tertiary/aromatic N) is 3. The fraction of sp³-hybridized carbons (Fsp3) is 0.391. The van der Waals surface area contributed by atoms with Crippen LogP contribution in [0, 0.1) is 23.0 Å². The Balaban J connectivity index is 1.71. The molecule has 0 aromatic heterocycles. The van der Waals surface area contributed by atoms with Gasteiger partial charge in [-0.15, -0.1) is 0 Å². The molecule has 1 fully saturated rings. The van der Waals surface area contributed by atoms with E-state index in [9.17, 15) is 28.1 Å². The van der Waals surface area contributed by atoms with Gasteiger partial charge in [0.2, 0.25) is 15.9 Å². The van der Waals surface area contributed by atoms with Crippen LogP contribution in [0.25, 0.3) is 0 Å². The van der Waals surface area contributed by atoms with Crippen LogP contribution in [0.2, 0.25) is 0 Å². The van der Waals surface area contributed by atoms with Gasteiger partial charge in [-0.25, -0.2) is 8.42 Å². The number of nitro benzene ring substituents is 1. The molecular weight excluding hydrogens is 460 g/mol. The second-order valence-corrected chi connectivity index (χ2v) is 10.4. The summed E-state index contributed by atoms with van der Waals surface area (Å²) in [6.45, 7) is 5.70. The van der Waals surface area contributed by atoms with E-state index < -0.39 is 26.7 Å². The Kier molecular flexibility index (Phi) is 7.68. The zero-order valence-electron chi connectivity index (χ0n) is 19.3. The monoisotopic (exact) mass is 488 g/mol. The van der Waals surface area contributed by atoms with Crippen molar-refractivity contribution in [2.45, 2.75) is 31.7 Å². The number of para-hydroxylation sites is 1. The van der Waals surface area contributed by atoms with Gasteiger partial charge in [0.1, 0.15) is 6.04 Å². The molecule has 1 atom stereocenters. The van der Waals surface area contributed by atoms with Gasteiger partial charge in [0.05, 0.1) is 4.92 Å². The first-order chi connectivity index (χ1) is 16.0. The van der Waals surface area contributed by atoms with Gasteiger partial charge >= 0.3 is 0 Å². The third-order valence-corrected chi connectivity index (χ3v) is 7.79. The van der Waals surface area contributed by atoms with Crippen molar-refractivity contribution in [3.05, 3.63) is 69.8 Å². The third-order valence-electron chi connectivity index (χ3n) is 5.84. The van der Waals surface area contributed by atoms with Crippen LogP contribution in [0.3, 0.4) is 0 Å². The lowest BCUT2D eigenvalue weighted by Crippen LogP contribution is -2.57. The number of nitrogens with one attached hydrogen (secondary N) is 1. The van der Waals surface area contributed by atoms with Crippen LogP contribution in [0.15, 0.2) is 53.4 Å². The topological polar surface area (TPSA) is 130 Å². The third kappa shape index (κ3) is 5.26. The van der Waals surface area contributed by atoms with E-state index in [1.54, 1.807) is 12.1 Å². The Bertz CT molecular complexity index is 1190. The standard InChI is InChI=1S/C23H28N4O6S/c1-16(2)21(24-22(28)18-9-5-4-8-17(18)3)23(29)25-12-14-26(15-13-25)34(32,33)20-11-7-6-10-19(20)27(30)31/h4-11,16,21H,12-15H2,1-3H3,(H,24,28)/t21-/m0/s1. The number of hydrogen-bond acceptors (Lipinski definition) is 6. The van der Waals surface area contributed by atoms with Crippen molar-refractivity contribution in [3.63, 3.8) is 0 Å². The van der Waals surface area contributed by atoms with Gasteiger partial charge in [-0.1, -0.05) is 44.2 Å². The molecule has 2 amide bonds. The average Bonchev–Trinajstić information content (AvgIpc) is 2.82. The lowest BCUT2D eigenvalue weighted by Gasteiger charge is -2.36. The molecule has 2 aromatic rings. The molecule has 0 aliphatic carbocycles. The Labute approximate surface area is 198 Å². The van der Waals surface area contributed by atoms with E-state index in [0.29, 0.717) is 5.56 Å². The summed E-state index contributed by atoms with van der Waals surface area (Å²) in [7, 11) is -4.10. The minimum atomic E-state index is -4.10. The molecule has 0 unspecified atom stereocenters. The summed E-state index contributed by atoms with van der Waals surface area (Å²) in [5.74, 6) is -0.823. The molecule has 1 heterocycles. The van der Waals surface area contributed by atoms with E-state index in [1.807, 2.05) is 32.9 Å². The maximum atomic E-state index is 13.2. The highest BCUT2D eigenvalue weighted by Crippen LogP contribution is 2.27. The zero-order chi connectivity index (χ0) is 25.0. The summed E-state index contributed by atoms with van der Waals surface area (Å²) >= 11 is 0. The molecular formula is C23H28N4O6S. The van der Waals surface area contributed by atoms with E-state index >= 15 is 0 Å². The molecule has 2 aromatic carbocycles. The molecule has 1 aliphatic rings. The molecule has 1 saturated heterocycles. The molecule has 0 spiro atoms. The lowest BCUT2D eigenvalue weighted by atomic mass is 10.0. The fourth-order valence-electron chi connectivity index (χ4n) is 3.87. The van der Waals surface area contributed by atoms with Crippen LogP contribution in [0.1, 0.15) is 29.8 Å². The van der Waals surface area contributed by atoms with Crippen molar-refractivity contribution in [2.24, 2.45) is 5.92 Å². The van der Waals surface area contributed by atoms with Gasteiger partial charge < -0.3 is 10.2 Å². The smallest absolute Gasteiger partial charge is 0.289 e. The summed E-state index contributed by atoms with van der Waals surface area (Å²) in [5.41, 5.74) is 0.796. The highest BCUT2D eigenvalue weighted by Gasteiger charge is 2.36. The normalized spacial score (nSPS) is 15.7. The molecule has 182 valence electrons. The Morgan fingerprint density at radius 3 is 2.18 bits per heavy atom. The molecule has 3 rings (SSSR count). The van der Waals surface area contributed by atoms with Crippen molar-refractivity contribution in [1.82, 2.24) is 14.5 Å². The number of carbonyl (C=O) groups is 2. The molecule has 0 bridgehead atoms. The van der Waals surface area contributed by atoms with Crippen molar-refractivity contribution in [1.29, 1.82) is 0 Å². The first-order valence-electron chi connectivity index (χ1n) is 10.9. The number of hydrogen-bond donors (Lipinski definition) is 1. The SMILES string of the molecule is Cc1ccccc1C(=O)N[C@H](C(=O)N1CCN(S(=O)(=O)c2ccccc2[N+](=O)[O-])CC1)C(C)C. The predicted molar refractivity (Wildman–Crippen MR) is 126 cm³/mol. The van der Waals surface area contributed by atoms with Crippen molar-refractivity contribution >= 4 is 27.5 Å². The number of nitro groups is 1. The van der Waals surface area contributed by atoms with Gasteiger partial charge in [-0.3, -0.25) is 19.7 Å². The van der Waals surface area contributed by atoms with E-state index in [-0.39, 0.29) is 48.8 Å². The number of carbonyl (C=O) groups excluding carboxylic acids is 2. The van der Waals surface area contributed by atoms with Crippen molar-refractivity contribution in [3.8, 4) is 0 Å². The van der Waals surface area contributed by atoms with Gasteiger partial charge in [-0.05, 0) is 30.5 Å². The number of sulfonamides is 1. The van der Waals surface area contributed by atoms with Crippen LogP contribution < -0.4 is 5.32 Å². The lowest BCUT2D eigenvalue weighted by molar-refractivity contribution is -0.387. The minimum Gasteiger partial charge on any atom is -0.340 e. The van der Waals surface area contributed by atoms with Gasteiger partial charge in [0, 0.05) is 37.8 Å². The Hall–Kier alpha value is -3.31. The van der Waals surface area contributed by atoms with E-state index in [0.717, 1.165) is 15.9 Å². The van der Waals surface area contributed by atoms with Crippen LogP contribution in [0.5, 0.6) is 0 Å². The maximum absolute atomic E-state index is 13.2. The van der Waals surface area contributed by atoms with Gasteiger partial charge in [-0.2, -0.15) is 4.31 Å². The zero-order valence-corrected chi connectivity index (χ0v) is 20.1. The predicted octanol–water partition coefficient (Wildman–Crippen LogP) is 2.19. The summed E-state index contributed by atoms with van der Waals surface area (Å²) in [5, 5.41) is 14.1. The molecule has 34 heavy (non-hydrogen) atoms. The first kappa shape index (κ1) is 25.3. The number of amides is 2. The number of piperazine rings is 1. The number of benzene rings is 2. The summed E-state index contributed by atoms with van der Waals surface area (Å²) in [4.78, 5) is 37.7. The van der Waals surface area contributed by atoms with Crippen LogP contribution in [-0.2, 0) is 14.8 Å². The molecule has 1 aliphatic heterocycles. The van der Waals surface area contributed by atoms with Crippen LogP contribution >= 0.6 is 0 Å². The van der Waals surface area contributed by atoms with E-state index in [2.05, 4.69) is 5.32 Å². The van der Waals surface area contributed by atoms with Gasteiger partial charge in [0.15, 0.2) is 4.90 Å². The summed E-state index contributed by atoms with van der Waals surface area (Å²) in [6, 6.07) is 11.5. The quantitative estimate of drug-likeness (QED) is 0.470. The number of aryl methyl sites for hydroxylation is 1. The molecule has 0 saturated carbocycles. The van der Waals surface area contributed by atoms with Crippen LogP contribution in [0.4, 0.5) is 5.69 Å². The van der Waals surface area contributed by atoms with Crippen LogP contribution in [-0.4, -0.2) is 66.6 Å². The second kappa shape index (κ2) is 10.3. The molecule has 11 heteroatoms. The van der Waals surface area contributed by atoms with E-state index in [1.165, 1.54) is 23.1 Å². The van der Waals surface area contributed by atoms with Crippen molar-refractivity contribution < 1.29 is 22.9 Å². The molecule has 10 nitrogen and oxygen atoms in total. The largest absolute Gasteiger partial charge is 0.340 e.